The molecule has 9 heteroatoms. The SMILES string of the molecule is CO[C@@H]1c2ccc(C(=O)NCc3ccc(C(=N)NC(=O)OC(C)(C)C)cc3)cc2Cc2cc(-c3ccc(F)cc3F)ccc21. The molecule has 4 aromatic carbocycles. The number of amides is 2. The third-order valence-electron chi connectivity index (χ3n) is 7.29. The van der Waals surface area contributed by atoms with Crippen molar-refractivity contribution in [1.82, 2.24) is 10.6 Å². The minimum Gasteiger partial charge on any atom is -0.444 e. The Morgan fingerprint density at radius 2 is 1.55 bits per heavy atom. The monoisotopic (exact) mass is 597 g/mol. The number of fused-ring (bicyclic) bond motifs is 2. The highest BCUT2D eigenvalue weighted by atomic mass is 19.1. The number of carbonyl (C=O) groups is 2. The molecule has 7 nitrogen and oxygen atoms in total. The van der Waals surface area contributed by atoms with E-state index in [4.69, 9.17) is 14.9 Å². The maximum absolute atomic E-state index is 14.5. The first-order chi connectivity index (χ1) is 20.9. The third-order valence-corrected chi connectivity index (χ3v) is 7.29. The second-order valence-corrected chi connectivity index (χ2v) is 11.6. The van der Waals surface area contributed by atoms with Crippen LogP contribution in [0.3, 0.4) is 0 Å². The van der Waals surface area contributed by atoms with Crippen molar-refractivity contribution < 1.29 is 27.8 Å². The number of benzene rings is 4. The summed E-state index contributed by atoms with van der Waals surface area (Å²) in [6, 6.07) is 21.6. The molecule has 1 aliphatic carbocycles. The van der Waals surface area contributed by atoms with Gasteiger partial charge in [0.1, 0.15) is 29.2 Å². The van der Waals surface area contributed by atoms with Gasteiger partial charge in [-0.3, -0.25) is 15.5 Å². The van der Waals surface area contributed by atoms with Crippen LogP contribution in [0.5, 0.6) is 0 Å². The standard InChI is InChI=1S/C35H33F2N3O4/c1-35(2,3)44-34(42)40-32(38)21-7-5-20(6-8-21)19-39-33(41)23-10-13-29-25(16-23)17-24-15-22(9-12-28(24)31(29)43-4)27-14-11-26(36)18-30(27)37/h5-16,18,31H,17,19H2,1-4H3,(H,39,41)(H2,38,40,42)/t31-/m0/s1. The fourth-order valence-electron chi connectivity index (χ4n) is 5.24. The molecule has 0 saturated carbocycles. The molecular weight excluding hydrogens is 564 g/mol. The minimum absolute atomic E-state index is 0.0882. The van der Waals surface area contributed by atoms with Crippen LogP contribution in [-0.4, -0.2) is 30.5 Å². The predicted molar refractivity (Wildman–Crippen MR) is 164 cm³/mol. The topological polar surface area (TPSA) is 101 Å². The molecule has 3 N–H and O–H groups in total. The Morgan fingerprint density at radius 3 is 2.20 bits per heavy atom. The van der Waals surface area contributed by atoms with Crippen LogP contribution in [0.4, 0.5) is 13.6 Å². The van der Waals surface area contributed by atoms with E-state index in [0.29, 0.717) is 28.7 Å². The van der Waals surface area contributed by atoms with Gasteiger partial charge in [-0.15, -0.1) is 0 Å². The van der Waals surface area contributed by atoms with E-state index in [1.165, 1.54) is 12.1 Å². The lowest BCUT2D eigenvalue weighted by atomic mass is 9.81. The highest BCUT2D eigenvalue weighted by Crippen LogP contribution is 2.39. The number of nitrogens with one attached hydrogen (secondary N) is 3. The van der Waals surface area contributed by atoms with E-state index in [1.54, 1.807) is 64.3 Å². The third kappa shape index (κ3) is 6.84. The Balaban J connectivity index is 1.26. The molecule has 0 aromatic heterocycles. The van der Waals surface area contributed by atoms with E-state index in [2.05, 4.69) is 10.6 Å². The van der Waals surface area contributed by atoms with Crippen LogP contribution in [0.1, 0.15) is 70.6 Å². The van der Waals surface area contributed by atoms with Crippen LogP contribution >= 0.6 is 0 Å². The Bertz CT molecular complexity index is 1750. The van der Waals surface area contributed by atoms with Crippen LogP contribution < -0.4 is 10.6 Å². The molecule has 2 amide bonds. The highest BCUT2D eigenvalue weighted by molar-refractivity contribution is 6.04. The molecule has 4 aromatic rings. The van der Waals surface area contributed by atoms with Gasteiger partial charge in [0, 0.05) is 36.4 Å². The number of halogens is 2. The molecule has 5 rings (SSSR count). The van der Waals surface area contributed by atoms with Gasteiger partial charge in [-0.2, -0.15) is 0 Å². The normalized spacial score (nSPS) is 13.8. The Kier molecular flexibility index (Phi) is 8.60. The Hall–Kier alpha value is -4.89. The molecule has 0 bridgehead atoms. The van der Waals surface area contributed by atoms with Crippen LogP contribution in [0.15, 0.2) is 78.9 Å². The van der Waals surface area contributed by atoms with Gasteiger partial charge in [-0.05, 0) is 84.8 Å². The first-order valence-electron chi connectivity index (χ1n) is 14.1. The molecule has 1 aliphatic rings. The van der Waals surface area contributed by atoms with Gasteiger partial charge >= 0.3 is 6.09 Å². The summed E-state index contributed by atoms with van der Waals surface area (Å²) in [5.74, 6) is -1.60. The second kappa shape index (κ2) is 12.4. The average molecular weight is 598 g/mol. The van der Waals surface area contributed by atoms with Crippen LogP contribution in [0, 0.1) is 17.0 Å². The van der Waals surface area contributed by atoms with Crippen LogP contribution in [0.2, 0.25) is 0 Å². The summed E-state index contributed by atoms with van der Waals surface area (Å²) >= 11 is 0. The molecule has 226 valence electrons. The molecule has 0 aliphatic heterocycles. The quantitative estimate of drug-likeness (QED) is 0.164. The fourth-order valence-corrected chi connectivity index (χ4v) is 5.24. The smallest absolute Gasteiger partial charge is 0.413 e. The number of hydrogen-bond donors (Lipinski definition) is 3. The van der Waals surface area contributed by atoms with Crippen LogP contribution in [-0.2, 0) is 22.4 Å². The summed E-state index contributed by atoms with van der Waals surface area (Å²) in [6.45, 7) is 5.50. The van der Waals surface area contributed by atoms with Gasteiger partial charge in [0.25, 0.3) is 5.91 Å². The molecule has 0 fully saturated rings. The molecule has 0 unspecified atom stereocenters. The summed E-state index contributed by atoms with van der Waals surface area (Å²) in [5.41, 5.74) is 5.86. The Morgan fingerprint density at radius 1 is 0.886 bits per heavy atom. The number of methoxy groups -OCH3 is 1. The van der Waals surface area contributed by atoms with Crippen molar-refractivity contribution in [3.63, 3.8) is 0 Å². The van der Waals surface area contributed by atoms with Crippen molar-refractivity contribution in [2.45, 2.75) is 45.4 Å². The van der Waals surface area contributed by atoms with Crippen molar-refractivity contribution in [3.8, 4) is 11.1 Å². The summed E-state index contributed by atoms with van der Waals surface area (Å²) < 4.78 is 39.0. The molecular formula is C35H33F2N3O4. The van der Waals surface area contributed by atoms with E-state index >= 15 is 0 Å². The molecule has 1 atom stereocenters. The lowest BCUT2D eigenvalue weighted by Gasteiger charge is -2.28. The Labute approximate surface area is 254 Å². The van der Waals surface area contributed by atoms with Gasteiger partial charge in [-0.25, -0.2) is 13.6 Å². The zero-order chi connectivity index (χ0) is 31.6. The lowest BCUT2D eigenvalue weighted by molar-refractivity contribution is 0.0563. The molecule has 0 radical (unpaired) electrons. The van der Waals surface area contributed by atoms with Crippen molar-refractivity contribution in [3.05, 3.63) is 129 Å². The van der Waals surface area contributed by atoms with Crippen LogP contribution in [0.25, 0.3) is 11.1 Å². The van der Waals surface area contributed by atoms with Gasteiger partial charge in [-0.1, -0.05) is 48.5 Å². The first kappa shape index (κ1) is 30.6. The molecule has 0 saturated heterocycles. The van der Waals surface area contributed by atoms with E-state index in [9.17, 15) is 18.4 Å². The number of ether oxygens (including phenoxy) is 2. The first-order valence-corrected chi connectivity index (χ1v) is 14.1. The number of carbonyl (C=O) groups excluding carboxylic acids is 2. The number of rotatable bonds is 6. The summed E-state index contributed by atoms with van der Waals surface area (Å²) in [5, 5.41) is 13.5. The van der Waals surface area contributed by atoms with E-state index in [1.807, 2.05) is 24.3 Å². The zero-order valence-electron chi connectivity index (χ0n) is 24.9. The summed E-state index contributed by atoms with van der Waals surface area (Å²) in [6.07, 6.45) is -0.529. The second-order valence-electron chi connectivity index (χ2n) is 11.6. The molecule has 44 heavy (non-hydrogen) atoms. The van der Waals surface area contributed by atoms with Gasteiger partial charge < -0.3 is 14.8 Å². The lowest BCUT2D eigenvalue weighted by Crippen LogP contribution is -2.36. The maximum atomic E-state index is 14.5. The fraction of sp³-hybridized carbons (Fsp3) is 0.229. The van der Waals surface area contributed by atoms with Crippen molar-refractivity contribution >= 4 is 17.8 Å². The predicted octanol–water partition coefficient (Wildman–Crippen LogP) is 7.05. The number of hydrogen-bond acceptors (Lipinski definition) is 5. The zero-order valence-corrected chi connectivity index (χ0v) is 24.9. The summed E-state index contributed by atoms with van der Waals surface area (Å²) in [7, 11) is 1.62. The van der Waals surface area contributed by atoms with Crippen molar-refractivity contribution in [1.29, 1.82) is 5.41 Å². The van der Waals surface area contributed by atoms with Gasteiger partial charge in [0.2, 0.25) is 0 Å². The highest BCUT2D eigenvalue weighted by Gasteiger charge is 2.27. The molecule has 0 spiro atoms. The van der Waals surface area contributed by atoms with Gasteiger partial charge in [0.15, 0.2) is 0 Å². The van der Waals surface area contributed by atoms with Crippen molar-refractivity contribution in [2.24, 2.45) is 0 Å². The number of amidine groups is 1. The minimum atomic E-state index is -0.702. The largest absolute Gasteiger partial charge is 0.444 e. The van der Waals surface area contributed by atoms with E-state index in [-0.39, 0.29) is 24.4 Å². The van der Waals surface area contributed by atoms with Crippen molar-refractivity contribution in [2.75, 3.05) is 7.11 Å². The molecule has 0 heterocycles. The van der Waals surface area contributed by atoms with E-state index < -0.39 is 23.3 Å². The maximum Gasteiger partial charge on any atom is 0.413 e. The van der Waals surface area contributed by atoms with E-state index in [0.717, 1.165) is 33.9 Å². The summed E-state index contributed by atoms with van der Waals surface area (Å²) in [4.78, 5) is 25.1. The number of alkyl carbamates (subject to hydrolysis) is 1. The van der Waals surface area contributed by atoms with Gasteiger partial charge in [0.05, 0.1) is 0 Å². The average Bonchev–Trinajstić information content (AvgIpc) is 2.97.